The van der Waals surface area contributed by atoms with Crippen LogP contribution in [0.1, 0.15) is 47.9 Å². The summed E-state index contributed by atoms with van der Waals surface area (Å²) in [5.74, 6) is 0.952. The average Bonchev–Trinajstić information content (AvgIpc) is 3.08. The summed E-state index contributed by atoms with van der Waals surface area (Å²) in [5.41, 5.74) is 8.98. The number of phosphoric acid groups is 1. The number of hydrogen-bond acceptors (Lipinski definition) is 3. The van der Waals surface area contributed by atoms with Crippen LogP contribution < -0.4 is 9.05 Å². The normalized spacial score (nSPS) is 19.7. The molecule has 0 saturated heterocycles. The molecule has 1 N–H and O–H groups in total. The SMILES string of the molecule is O=P1(O)Oc2ccc3c(c2-c2c4c(cc(-c5c6ccccc6cc6ccccc56)c2O1)CCCC4)CCCC3. The number of fused-ring (bicyclic) bond motifs is 9. The summed E-state index contributed by atoms with van der Waals surface area (Å²) < 4.78 is 25.5. The highest BCUT2D eigenvalue weighted by molar-refractivity contribution is 7.48. The van der Waals surface area contributed by atoms with E-state index in [1.54, 1.807) is 0 Å². The minimum atomic E-state index is -4.43. The molecule has 39 heavy (non-hydrogen) atoms. The van der Waals surface area contributed by atoms with E-state index in [1.165, 1.54) is 22.3 Å². The van der Waals surface area contributed by atoms with Gasteiger partial charge in [-0.25, -0.2) is 4.57 Å². The Bertz CT molecular complexity index is 1820. The van der Waals surface area contributed by atoms with E-state index in [9.17, 15) is 9.46 Å². The summed E-state index contributed by atoms with van der Waals surface area (Å²) in [4.78, 5) is 11.1. The number of hydrogen-bond donors (Lipinski definition) is 1. The van der Waals surface area contributed by atoms with Crippen molar-refractivity contribution in [1.29, 1.82) is 0 Å². The van der Waals surface area contributed by atoms with Crippen molar-refractivity contribution < 1.29 is 18.5 Å². The Hall–Kier alpha value is -3.59. The lowest BCUT2D eigenvalue weighted by Crippen LogP contribution is -2.10. The van der Waals surface area contributed by atoms with Crippen LogP contribution in [-0.4, -0.2) is 4.89 Å². The summed E-state index contributed by atoms with van der Waals surface area (Å²) in [5, 5.41) is 4.47. The molecule has 194 valence electrons. The van der Waals surface area contributed by atoms with Crippen LogP contribution in [0.2, 0.25) is 0 Å². The van der Waals surface area contributed by atoms with Crippen molar-refractivity contribution in [3.8, 4) is 33.8 Å². The number of benzene rings is 5. The van der Waals surface area contributed by atoms with E-state index in [-0.39, 0.29) is 0 Å². The van der Waals surface area contributed by atoms with Gasteiger partial charge in [0.15, 0.2) is 0 Å². The molecule has 0 radical (unpaired) electrons. The van der Waals surface area contributed by atoms with Gasteiger partial charge in [0.25, 0.3) is 0 Å². The molecule has 1 atom stereocenters. The van der Waals surface area contributed by atoms with Crippen LogP contribution in [0.15, 0.2) is 72.8 Å². The predicted octanol–water partition coefficient (Wildman–Crippen LogP) is 8.96. The standard InChI is InChI=1S/C34H29O4P/c35-39(36)37-30-18-17-21-9-1-5-13-25(21)32(30)33-28-16-8-4-12-24(28)20-29(34(33)38-39)31-26-14-6-2-10-22(26)19-23-11-3-7-15-27(23)31/h2-3,6-7,10-11,14-15,17-20H,1,4-5,8-9,12-13,16H2,(H,35,36). The number of aryl methyl sites for hydroxylation is 2. The zero-order valence-corrected chi connectivity index (χ0v) is 22.6. The molecule has 5 aromatic rings. The van der Waals surface area contributed by atoms with Gasteiger partial charge in [0.1, 0.15) is 11.5 Å². The fourth-order valence-corrected chi connectivity index (χ4v) is 8.01. The largest absolute Gasteiger partial charge is 0.584 e. The molecule has 3 aliphatic rings. The number of phosphoric ester groups is 1. The van der Waals surface area contributed by atoms with Crippen LogP contribution in [0.3, 0.4) is 0 Å². The van der Waals surface area contributed by atoms with Crippen molar-refractivity contribution in [1.82, 2.24) is 0 Å². The van der Waals surface area contributed by atoms with E-state index in [1.807, 2.05) is 6.07 Å². The Balaban J connectivity index is 1.57. The van der Waals surface area contributed by atoms with Crippen LogP contribution in [0.25, 0.3) is 43.8 Å². The predicted molar refractivity (Wildman–Crippen MR) is 157 cm³/mol. The monoisotopic (exact) mass is 532 g/mol. The molecule has 1 heterocycles. The summed E-state index contributed by atoms with van der Waals surface area (Å²) in [7, 11) is -4.43. The van der Waals surface area contributed by atoms with Crippen molar-refractivity contribution in [2.75, 3.05) is 0 Å². The minimum absolute atomic E-state index is 0.466. The molecule has 0 fully saturated rings. The molecule has 0 amide bonds. The van der Waals surface area contributed by atoms with Crippen LogP contribution in [0, 0.1) is 0 Å². The van der Waals surface area contributed by atoms with Gasteiger partial charge < -0.3 is 9.05 Å². The lowest BCUT2D eigenvalue weighted by Gasteiger charge is -2.27. The molecule has 0 bridgehead atoms. The van der Waals surface area contributed by atoms with E-state index < -0.39 is 7.82 Å². The van der Waals surface area contributed by atoms with Gasteiger partial charge in [-0.15, -0.1) is 0 Å². The highest BCUT2D eigenvalue weighted by Crippen LogP contribution is 2.60. The molecule has 4 nitrogen and oxygen atoms in total. The van der Waals surface area contributed by atoms with E-state index in [0.29, 0.717) is 11.5 Å². The van der Waals surface area contributed by atoms with Gasteiger partial charge in [-0.3, -0.25) is 4.89 Å². The second-order valence-corrected chi connectivity index (χ2v) is 12.4. The summed E-state index contributed by atoms with van der Waals surface area (Å²) in [6.45, 7) is 0. The smallest absolute Gasteiger partial charge is 0.395 e. The molecular weight excluding hydrogens is 503 g/mol. The van der Waals surface area contributed by atoms with Crippen molar-refractivity contribution in [3.63, 3.8) is 0 Å². The van der Waals surface area contributed by atoms with Gasteiger partial charge in [0.05, 0.1) is 0 Å². The van der Waals surface area contributed by atoms with Gasteiger partial charge in [0.2, 0.25) is 0 Å². The average molecular weight is 533 g/mol. The first-order valence-corrected chi connectivity index (χ1v) is 15.5. The molecule has 8 rings (SSSR count). The Labute approximate surface area is 227 Å². The van der Waals surface area contributed by atoms with Gasteiger partial charge in [-0.05, 0) is 113 Å². The van der Waals surface area contributed by atoms with E-state index in [4.69, 9.17) is 9.05 Å². The topological polar surface area (TPSA) is 55.8 Å². The van der Waals surface area contributed by atoms with Crippen molar-refractivity contribution in [3.05, 3.63) is 95.1 Å². The van der Waals surface area contributed by atoms with Gasteiger partial charge in [-0.2, -0.15) is 0 Å². The molecule has 5 heteroatoms. The second kappa shape index (κ2) is 8.71. The molecule has 1 unspecified atom stereocenters. The van der Waals surface area contributed by atoms with Gasteiger partial charge in [-0.1, -0.05) is 54.6 Å². The van der Waals surface area contributed by atoms with Crippen molar-refractivity contribution in [2.24, 2.45) is 0 Å². The molecule has 5 aromatic carbocycles. The van der Waals surface area contributed by atoms with E-state index >= 15 is 0 Å². The highest BCUT2D eigenvalue weighted by Gasteiger charge is 2.38. The third-order valence-electron chi connectivity index (χ3n) is 8.81. The van der Waals surface area contributed by atoms with Crippen LogP contribution in [0.5, 0.6) is 11.5 Å². The first kappa shape index (κ1) is 23.3. The lowest BCUT2D eigenvalue weighted by atomic mass is 9.78. The summed E-state index contributed by atoms with van der Waals surface area (Å²) in [6, 6.07) is 25.2. The Kier molecular flexibility index (Phi) is 5.21. The Morgan fingerprint density at radius 1 is 0.615 bits per heavy atom. The summed E-state index contributed by atoms with van der Waals surface area (Å²) in [6.07, 6.45) is 8.37. The summed E-state index contributed by atoms with van der Waals surface area (Å²) >= 11 is 0. The fraction of sp³-hybridized carbons (Fsp3) is 0.235. The van der Waals surface area contributed by atoms with E-state index in [0.717, 1.165) is 95.2 Å². The van der Waals surface area contributed by atoms with Gasteiger partial charge in [0, 0.05) is 22.3 Å². The quantitative estimate of drug-likeness (QED) is 0.173. The molecular formula is C34H29O4P. The highest BCUT2D eigenvalue weighted by atomic mass is 31.2. The fourth-order valence-electron chi connectivity index (χ4n) is 7.15. The molecule has 1 aliphatic heterocycles. The minimum Gasteiger partial charge on any atom is -0.395 e. The Morgan fingerprint density at radius 2 is 1.23 bits per heavy atom. The zero-order chi connectivity index (χ0) is 26.1. The molecule has 0 spiro atoms. The third-order valence-corrected chi connectivity index (χ3v) is 9.65. The molecule has 0 saturated carbocycles. The second-order valence-electron chi connectivity index (χ2n) is 11.1. The Morgan fingerprint density at radius 3 is 1.95 bits per heavy atom. The third kappa shape index (κ3) is 3.66. The molecule has 0 aromatic heterocycles. The maximum Gasteiger partial charge on any atom is 0.584 e. The van der Waals surface area contributed by atoms with E-state index in [2.05, 4.69) is 66.7 Å². The van der Waals surface area contributed by atoms with Gasteiger partial charge >= 0.3 is 7.82 Å². The van der Waals surface area contributed by atoms with Crippen LogP contribution in [-0.2, 0) is 30.2 Å². The zero-order valence-electron chi connectivity index (χ0n) is 21.7. The number of rotatable bonds is 1. The first-order chi connectivity index (χ1) is 19.1. The maximum atomic E-state index is 13.5. The van der Waals surface area contributed by atoms with Crippen molar-refractivity contribution in [2.45, 2.75) is 51.4 Å². The van der Waals surface area contributed by atoms with Crippen LogP contribution >= 0.6 is 7.82 Å². The van der Waals surface area contributed by atoms with Crippen LogP contribution in [0.4, 0.5) is 0 Å². The van der Waals surface area contributed by atoms with Crippen molar-refractivity contribution >= 4 is 29.4 Å². The first-order valence-electron chi connectivity index (χ1n) is 14.0. The maximum absolute atomic E-state index is 13.5. The molecule has 2 aliphatic carbocycles. The lowest BCUT2D eigenvalue weighted by molar-refractivity contribution is 0.294.